The summed E-state index contributed by atoms with van der Waals surface area (Å²) in [6, 6.07) is 17.2. The van der Waals surface area contributed by atoms with Crippen molar-refractivity contribution in [1.29, 1.82) is 0 Å². The molecule has 0 radical (unpaired) electrons. The van der Waals surface area contributed by atoms with Gasteiger partial charge in [0.05, 0.1) is 17.2 Å². The largest absolute Gasteiger partial charge is 0.492 e. The average Bonchev–Trinajstić information content (AvgIpc) is 3.00. The molecule has 8 nitrogen and oxygen atoms in total. The average molecular weight is 661 g/mol. The van der Waals surface area contributed by atoms with E-state index in [0.29, 0.717) is 28.0 Å². The molecule has 1 saturated carbocycles. The zero-order chi connectivity index (χ0) is 31.9. The second-order valence-electron chi connectivity index (χ2n) is 11.0. The van der Waals surface area contributed by atoms with E-state index in [2.05, 4.69) is 5.32 Å². The second kappa shape index (κ2) is 15.1. The molecular formula is C33H39Cl2N3O5S. The van der Waals surface area contributed by atoms with E-state index in [-0.39, 0.29) is 29.1 Å². The molecule has 1 aliphatic rings. The van der Waals surface area contributed by atoms with Gasteiger partial charge in [-0.2, -0.15) is 0 Å². The molecule has 0 aromatic heterocycles. The van der Waals surface area contributed by atoms with Crippen LogP contribution in [-0.4, -0.2) is 50.4 Å². The first-order valence-corrected chi connectivity index (χ1v) is 17.1. The fourth-order valence-electron chi connectivity index (χ4n) is 5.28. The first-order chi connectivity index (χ1) is 21.0. The minimum Gasteiger partial charge on any atom is -0.492 e. The van der Waals surface area contributed by atoms with E-state index in [1.165, 1.54) is 17.0 Å². The van der Waals surface area contributed by atoms with E-state index in [1.807, 2.05) is 6.92 Å². The first kappa shape index (κ1) is 33.6. The highest BCUT2D eigenvalue weighted by molar-refractivity contribution is 7.92. The van der Waals surface area contributed by atoms with Gasteiger partial charge in [-0.1, -0.05) is 78.4 Å². The third kappa shape index (κ3) is 8.25. The van der Waals surface area contributed by atoms with Crippen LogP contribution in [0.25, 0.3) is 0 Å². The number of hydrogen-bond donors (Lipinski definition) is 1. The van der Waals surface area contributed by atoms with Crippen molar-refractivity contribution >= 4 is 50.7 Å². The van der Waals surface area contributed by atoms with Gasteiger partial charge < -0.3 is 15.0 Å². The fraction of sp³-hybridized carbons (Fsp3) is 0.394. The van der Waals surface area contributed by atoms with Gasteiger partial charge in [-0.25, -0.2) is 8.42 Å². The van der Waals surface area contributed by atoms with Crippen molar-refractivity contribution in [3.8, 4) is 5.75 Å². The van der Waals surface area contributed by atoms with Crippen LogP contribution in [0.1, 0.15) is 57.1 Å². The van der Waals surface area contributed by atoms with Gasteiger partial charge >= 0.3 is 0 Å². The lowest BCUT2D eigenvalue weighted by Crippen LogP contribution is -2.53. The van der Waals surface area contributed by atoms with E-state index in [1.54, 1.807) is 68.4 Å². The summed E-state index contributed by atoms with van der Waals surface area (Å²) in [6.45, 7) is 4.99. The molecule has 236 valence electrons. The Labute approximate surface area is 270 Å². The smallest absolute Gasteiger partial charge is 0.264 e. The van der Waals surface area contributed by atoms with Gasteiger partial charge in [0, 0.05) is 22.6 Å². The number of rotatable bonds is 12. The van der Waals surface area contributed by atoms with Crippen molar-refractivity contribution < 1.29 is 22.7 Å². The Morgan fingerprint density at radius 2 is 1.68 bits per heavy atom. The molecule has 0 saturated heterocycles. The Morgan fingerprint density at radius 3 is 2.34 bits per heavy atom. The lowest BCUT2D eigenvalue weighted by Gasteiger charge is -2.33. The number of nitrogens with one attached hydrogen (secondary N) is 1. The highest BCUT2D eigenvalue weighted by atomic mass is 35.5. The monoisotopic (exact) mass is 659 g/mol. The van der Waals surface area contributed by atoms with Gasteiger partial charge in [-0.05, 0) is 75.6 Å². The van der Waals surface area contributed by atoms with E-state index < -0.39 is 28.5 Å². The lowest BCUT2D eigenvalue weighted by molar-refractivity contribution is -0.139. The Balaban J connectivity index is 1.73. The molecule has 11 heteroatoms. The summed E-state index contributed by atoms with van der Waals surface area (Å²) in [5.74, 6) is -0.573. The summed E-state index contributed by atoms with van der Waals surface area (Å²) < 4.78 is 35.1. The molecule has 3 aromatic carbocycles. The standard InChI is InChI=1S/C33H39Cl2N3O5S/c1-4-43-31-13-9-8-12-30(31)38(44(41,42)28-18-14-23(2)15-19-28)22-32(39)37(21-25-16-17-26(34)20-29(25)35)24(3)33(40)36-27-10-6-5-7-11-27/h8-9,12-20,24,27H,4-7,10-11,21-22H2,1-3H3,(H,36,40)/t24-/m1/s1. The van der Waals surface area contributed by atoms with E-state index in [0.717, 1.165) is 42.0 Å². The van der Waals surface area contributed by atoms with E-state index >= 15 is 0 Å². The molecule has 0 aliphatic heterocycles. The van der Waals surface area contributed by atoms with Crippen LogP contribution in [0.5, 0.6) is 5.75 Å². The summed E-state index contributed by atoms with van der Waals surface area (Å²) in [7, 11) is -4.23. The second-order valence-corrected chi connectivity index (χ2v) is 13.7. The number of anilines is 1. The number of nitrogens with zero attached hydrogens (tertiary/aromatic N) is 2. The molecule has 0 heterocycles. The molecule has 0 unspecified atom stereocenters. The van der Waals surface area contributed by atoms with Crippen LogP contribution < -0.4 is 14.4 Å². The summed E-state index contributed by atoms with van der Waals surface area (Å²) in [5, 5.41) is 3.86. The zero-order valence-corrected chi connectivity index (χ0v) is 27.6. The summed E-state index contributed by atoms with van der Waals surface area (Å²) in [4.78, 5) is 29.2. The van der Waals surface area contributed by atoms with E-state index in [4.69, 9.17) is 27.9 Å². The number of carbonyl (C=O) groups is 2. The maximum atomic E-state index is 14.3. The topological polar surface area (TPSA) is 96.0 Å². The number of carbonyl (C=O) groups excluding carboxylic acids is 2. The van der Waals surface area contributed by atoms with Crippen molar-refractivity contribution in [1.82, 2.24) is 10.2 Å². The Morgan fingerprint density at radius 1 is 1.00 bits per heavy atom. The highest BCUT2D eigenvalue weighted by Gasteiger charge is 2.34. The van der Waals surface area contributed by atoms with Crippen LogP contribution in [0.4, 0.5) is 5.69 Å². The fourth-order valence-corrected chi connectivity index (χ4v) is 7.17. The molecule has 0 bridgehead atoms. The highest BCUT2D eigenvalue weighted by Crippen LogP contribution is 2.33. The number of sulfonamides is 1. The van der Waals surface area contributed by atoms with E-state index in [9.17, 15) is 18.0 Å². The summed E-state index contributed by atoms with van der Waals surface area (Å²) in [6.07, 6.45) is 4.97. The van der Waals surface area contributed by atoms with Crippen LogP contribution in [-0.2, 0) is 26.2 Å². The summed E-state index contributed by atoms with van der Waals surface area (Å²) in [5.41, 5.74) is 1.68. The third-order valence-corrected chi connectivity index (χ3v) is 10.2. The van der Waals surface area contributed by atoms with Gasteiger partial charge in [-0.3, -0.25) is 13.9 Å². The number of ether oxygens (including phenoxy) is 1. The predicted molar refractivity (Wildman–Crippen MR) is 175 cm³/mol. The van der Waals surface area contributed by atoms with Crippen molar-refractivity contribution in [2.24, 2.45) is 0 Å². The number of amides is 2. The van der Waals surface area contributed by atoms with Crippen LogP contribution in [0.15, 0.2) is 71.6 Å². The van der Waals surface area contributed by atoms with Gasteiger partial charge in [0.15, 0.2) is 0 Å². The molecule has 1 fully saturated rings. The Kier molecular flexibility index (Phi) is 11.6. The maximum absolute atomic E-state index is 14.3. The minimum absolute atomic E-state index is 0.0255. The van der Waals surface area contributed by atoms with Crippen LogP contribution in [0.2, 0.25) is 10.0 Å². The van der Waals surface area contributed by atoms with Crippen molar-refractivity contribution in [3.05, 3.63) is 87.9 Å². The molecule has 3 aromatic rings. The van der Waals surface area contributed by atoms with Crippen molar-refractivity contribution in [2.45, 2.75) is 76.4 Å². The number of para-hydroxylation sites is 2. The van der Waals surface area contributed by atoms with Gasteiger partial charge in [0.25, 0.3) is 10.0 Å². The molecular weight excluding hydrogens is 621 g/mol. The Hall–Kier alpha value is -3.27. The van der Waals surface area contributed by atoms with Crippen LogP contribution >= 0.6 is 23.2 Å². The number of aryl methyl sites for hydroxylation is 1. The zero-order valence-electron chi connectivity index (χ0n) is 25.3. The minimum atomic E-state index is -4.23. The first-order valence-electron chi connectivity index (χ1n) is 14.9. The van der Waals surface area contributed by atoms with Gasteiger partial charge in [0.2, 0.25) is 11.8 Å². The van der Waals surface area contributed by atoms with Crippen molar-refractivity contribution in [3.63, 3.8) is 0 Å². The number of halogens is 2. The molecule has 44 heavy (non-hydrogen) atoms. The van der Waals surface area contributed by atoms with Gasteiger partial charge in [0.1, 0.15) is 18.3 Å². The quantitative estimate of drug-likeness (QED) is 0.232. The lowest BCUT2D eigenvalue weighted by atomic mass is 9.95. The molecule has 4 rings (SSSR count). The molecule has 1 N–H and O–H groups in total. The molecule has 2 amide bonds. The van der Waals surface area contributed by atoms with Crippen molar-refractivity contribution in [2.75, 3.05) is 17.5 Å². The summed E-state index contributed by atoms with van der Waals surface area (Å²) >= 11 is 12.6. The maximum Gasteiger partial charge on any atom is 0.264 e. The number of benzene rings is 3. The SMILES string of the molecule is CCOc1ccccc1N(CC(=O)N(Cc1ccc(Cl)cc1Cl)[C@H](C)C(=O)NC1CCCCC1)S(=O)(=O)c1ccc(C)cc1. The van der Waals surface area contributed by atoms with Crippen LogP contribution in [0, 0.1) is 6.92 Å². The van der Waals surface area contributed by atoms with Crippen LogP contribution in [0.3, 0.4) is 0 Å². The number of hydrogen-bond acceptors (Lipinski definition) is 5. The predicted octanol–water partition coefficient (Wildman–Crippen LogP) is 6.76. The molecule has 0 spiro atoms. The molecule has 1 aliphatic carbocycles. The Bertz CT molecular complexity index is 1560. The normalized spacial score (nSPS) is 14.5. The third-order valence-electron chi connectivity index (χ3n) is 7.80. The van der Waals surface area contributed by atoms with Gasteiger partial charge in [-0.15, -0.1) is 0 Å². The molecule has 1 atom stereocenters.